The zero-order chi connectivity index (χ0) is 12.8. The minimum atomic E-state index is 0.0485. The van der Waals surface area contributed by atoms with Crippen LogP contribution in [-0.4, -0.2) is 12.5 Å². The molecule has 3 heteroatoms. The van der Waals surface area contributed by atoms with Gasteiger partial charge in [0.1, 0.15) is 0 Å². The monoisotopic (exact) mass is 234 g/mol. The van der Waals surface area contributed by atoms with Crippen LogP contribution in [0.3, 0.4) is 0 Å². The Balaban J connectivity index is 2.54. The summed E-state index contributed by atoms with van der Waals surface area (Å²) in [6.45, 7) is 6.58. The summed E-state index contributed by atoms with van der Waals surface area (Å²) >= 11 is 0. The van der Waals surface area contributed by atoms with E-state index in [1.54, 1.807) is 0 Å². The average Bonchev–Trinajstić information content (AvgIpc) is 2.28. The van der Waals surface area contributed by atoms with Crippen LogP contribution in [0.2, 0.25) is 0 Å². The summed E-state index contributed by atoms with van der Waals surface area (Å²) in [6.07, 6.45) is 0.493. The summed E-state index contributed by atoms with van der Waals surface area (Å²) in [4.78, 5) is 11.7. The van der Waals surface area contributed by atoms with E-state index in [4.69, 9.17) is 5.73 Å². The maximum absolute atomic E-state index is 11.7. The van der Waals surface area contributed by atoms with Gasteiger partial charge in [0.05, 0.1) is 6.04 Å². The Labute approximate surface area is 103 Å². The normalized spacial score (nSPS) is 14.1. The first kappa shape index (κ1) is 13.7. The van der Waals surface area contributed by atoms with Crippen molar-refractivity contribution >= 4 is 5.91 Å². The Kier molecular flexibility index (Phi) is 5.16. The SMILES string of the molecule is Cc1cccc([C@@H](C)NC(=O)CC(C)CN)c1. The highest BCUT2D eigenvalue weighted by atomic mass is 16.1. The van der Waals surface area contributed by atoms with Crippen LogP contribution in [0.15, 0.2) is 24.3 Å². The molecule has 0 spiro atoms. The molecule has 1 aromatic rings. The van der Waals surface area contributed by atoms with Crippen molar-refractivity contribution in [3.8, 4) is 0 Å². The highest BCUT2D eigenvalue weighted by Crippen LogP contribution is 2.14. The summed E-state index contributed by atoms with van der Waals surface area (Å²) in [5.41, 5.74) is 7.85. The Hall–Kier alpha value is -1.35. The number of nitrogens with two attached hydrogens (primary N) is 1. The fourth-order valence-corrected chi connectivity index (χ4v) is 1.72. The largest absolute Gasteiger partial charge is 0.350 e. The topological polar surface area (TPSA) is 55.1 Å². The van der Waals surface area contributed by atoms with Gasteiger partial charge in [-0.25, -0.2) is 0 Å². The molecule has 0 saturated heterocycles. The van der Waals surface area contributed by atoms with E-state index in [1.807, 2.05) is 26.0 Å². The Morgan fingerprint density at radius 3 is 2.71 bits per heavy atom. The smallest absolute Gasteiger partial charge is 0.220 e. The van der Waals surface area contributed by atoms with Crippen molar-refractivity contribution in [1.29, 1.82) is 0 Å². The molecular weight excluding hydrogens is 212 g/mol. The lowest BCUT2D eigenvalue weighted by Gasteiger charge is -2.16. The van der Waals surface area contributed by atoms with Gasteiger partial charge in [0.25, 0.3) is 0 Å². The Bertz CT molecular complexity index is 376. The molecule has 0 radical (unpaired) electrons. The number of nitrogens with one attached hydrogen (secondary N) is 1. The van der Waals surface area contributed by atoms with Crippen LogP contribution in [0.5, 0.6) is 0 Å². The van der Waals surface area contributed by atoms with Gasteiger partial charge in [0.15, 0.2) is 0 Å². The molecule has 0 aliphatic heterocycles. The van der Waals surface area contributed by atoms with Crippen molar-refractivity contribution in [2.75, 3.05) is 6.54 Å². The lowest BCUT2D eigenvalue weighted by molar-refractivity contribution is -0.122. The molecule has 0 bridgehead atoms. The standard InChI is InChI=1S/C14H22N2O/c1-10-5-4-6-13(7-10)12(3)16-14(17)8-11(2)9-15/h4-7,11-12H,8-9,15H2,1-3H3,(H,16,17)/t11?,12-/m1/s1. The summed E-state index contributed by atoms with van der Waals surface area (Å²) in [5.74, 6) is 0.302. The molecule has 0 heterocycles. The van der Waals surface area contributed by atoms with E-state index >= 15 is 0 Å². The number of carbonyl (C=O) groups excluding carboxylic acids is 1. The van der Waals surface area contributed by atoms with Gasteiger partial charge in [-0.1, -0.05) is 36.8 Å². The van der Waals surface area contributed by atoms with Gasteiger partial charge in [-0.15, -0.1) is 0 Å². The van der Waals surface area contributed by atoms with Crippen LogP contribution in [0.4, 0.5) is 0 Å². The van der Waals surface area contributed by atoms with E-state index in [1.165, 1.54) is 5.56 Å². The fourth-order valence-electron chi connectivity index (χ4n) is 1.72. The maximum Gasteiger partial charge on any atom is 0.220 e. The van der Waals surface area contributed by atoms with E-state index in [9.17, 15) is 4.79 Å². The number of benzene rings is 1. The minimum Gasteiger partial charge on any atom is -0.350 e. The molecule has 17 heavy (non-hydrogen) atoms. The molecule has 94 valence electrons. The third kappa shape index (κ3) is 4.57. The number of amides is 1. The molecule has 1 amide bonds. The van der Waals surface area contributed by atoms with Gasteiger partial charge in [0, 0.05) is 6.42 Å². The zero-order valence-corrected chi connectivity index (χ0v) is 10.9. The molecule has 1 unspecified atom stereocenters. The maximum atomic E-state index is 11.7. The predicted molar refractivity (Wildman–Crippen MR) is 70.6 cm³/mol. The molecule has 0 aliphatic rings. The Morgan fingerprint density at radius 1 is 1.41 bits per heavy atom. The molecule has 3 nitrogen and oxygen atoms in total. The second-order valence-corrected chi connectivity index (χ2v) is 4.75. The number of rotatable bonds is 5. The van der Waals surface area contributed by atoms with Gasteiger partial charge in [-0.2, -0.15) is 0 Å². The summed E-state index contributed by atoms with van der Waals surface area (Å²) in [7, 11) is 0. The van der Waals surface area contributed by atoms with E-state index in [2.05, 4.69) is 24.4 Å². The molecule has 0 fully saturated rings. The van der Waals surface area contributed by atoms with Crippen molar-refractivity contribution in [2.24, 2.45) is 11.7 Å². The third-order valence-electron chi connectivity index (χ3n) is 2.86. The van der Waals surface area contributed by atoms with Crippen molar-refractivity contribution in [1.82, 2.24) is 5.32 Å². The second-order valence-electron chi connectivity index (χ2n) is 4.75. The molecule has 1 aromatic carbocycles. The first-order chi connectivity index (χ1) is 8.02. The van der Waals surface area contributed by atoms with Crippen molar-refractivity contribution in [2.45, 2.75) is 33.2 Å². The minimum absolute atomic E-state index is 0.0485. The van der Waals surface area contributed by atoms with Crippen LogP contribution in [0.25, 0.3) is 0 Å². The van der Waals surface area contributed by atoms with Gasteiger partial charge < -0.3 is 11.1 Å². The summed E-state index contributed by atoms with van der Waals surface area (Å²) in [6, 6.07) is 8.23. The fraction of sp³-hybridized carbons (Fsp3) is 0.500. The quantitative estimate of drug-likeness (QED) is 0.820. The molecule has 1 rings (SSSR count). The van der Waals surface area contributed by atoms with Crippen molar-refractivity contribution in [3.05, 3.63) is 35.4 Å². The molecular formula is C14H22N2O. The Morgan fingerprint density at radius 2 is 2.12 bits per heavy atom. The summed E-state index contributed by atoms with van der Waals surface area (Å²) < 4.78 is 0. The molecule has 0 aromatic heterocycles. The lowest BCUT2D eigenvalue weighted by atomic mass is 10.0. The number of carbonyl (C=O) groups is 1. The molecule has 0 aliphatic carbocycles. The van der Waals surface area contributed by atoms with Gasteiger partial charge in [-0.3, -0.25) is 4.79 Å². The third-order valence-corrected chi connectivity index (χ3v) is 2.86. The second kappa shape index (κ2) is 6.40. The molecule has 2 atom stereocenters. The van der Waals surface area contributed by atoms with Crippen LogP contribution in [0.1, 0.15) is 37.4 Å². The first-order valence-corrected chi connectivity index (χ1v) is 6.09. The predicted octanol–water partition coefficient (Wildman–Crippen LogP) is 2.16. The average molecular weight is 234 g/mol. The van der Waals surface area contributed by atoms with E-state index < -0.39 is 0 Å². The van der Waals surface area contributed by atoms with Gasteiger partial charge in [-0.05, 0) is 31.9 Å². The van der Waals surface area contributed by atoms with Crippen molar-refractivity contribution < 1.29 is 4.79 Å². The van der Waals surface area contributed by atoms with Crippen LogP contribution in [-0.2, 0) is 4.79 Å². The number of hydrogen-bond acceptors (Lipinski definition) is 2. The summed E-state index contributed by atoms with van der Waals surface area (Å²) in [5, 5.41) is 2.99. The van der Waals surface area contributed by atoms with E-state index in [0.29, 0.717) is 13.0 Å². The van der Waals surface area contributed by atoms with Crippen molar-refractivity contribution in [3.63, 3.8) is 0 Å². The molecule has 3 N–H and O–H groups in total. The lowest BCUT2D eigenvalue weighted by Crippen LogP contribution is -2.29. The number of aryl methyl sites for hydroxylation is 1. The zero-order valence-electron chi connectivity index (χ0n) is 10.9. The van der Waals surface area contributed by atoms with Crippen LogP contribution in [0, 0.1) is 12.8 Å². The highest BCUT2D eigenvalue weighted by Gasteiger charge is 2.11. The van der Waals surface area contributed by atoms with Gasteiger partial charge in [0.2, 0.25) is 5.91 Å². The number of hydrogen-bond donors (Lipinski definition) is 2. The van der Waals surface area contributed by atoms with E-state index in [0.717, 1.165) is 5.56 Å². The first-order valence-electron chi connectivity index (χ1n) is 6.09. The highest BCUT2D eigenvalue weighted by molar-refractivity contribution is 5.76. The van der Waals surface area contributed by atoms with Gasteiger partial charge >= 0.3 is 0 Å². The van der Waals surface area contributed by atoms with Crippen LogP contribution < -0.4 is 11.1 Å². The van der Waals surface area contributed by atoms with E-state index in [-0.39, 0.29) is 17.9 Å². The van der Waals surface area contributed by atoms with Crippen LogP contribution >= 0.6 is 0 Å². The molecule has 0 saturated carbocycles.